The minimum atomic E-state index is 0.460. The zero-order valence-corrected chi connectivity index (χ0v) is 12.8. The average Bonchev–Trinajstić information content (AvgIpc) is 2.47. The van der Waals surface area contributed by atoms with Crippen molar-refractivity contribution in [2.75, 3.05) is 52.5 Å². The van der Waals surface area contributed by atoms with Crippen LogP contribution in [0.25, 0.3) is 0 Å². The Morgan fingerprint density at radius 3 is 2.47 bits per heavy atom. The molecular weight excluding hydrogens is 240 g/mol. The highest BCUT2D eigenvalue weighted by Crippen LogP contribution is 2.02. The van der Waals surface area contributed by atoms with Gasteiger partial charge in [-0.1, -0.05) is 13.8 Å². The van der Waals surface area contributed by atoms with Gasteiger partial charge in [0.05, 0.1) is 19.3 Å². The van der Waals surface area contributed by atoms with Crippen molar-refractivity contribution in [1.29, 1.82) is 0 Å². The molecule has 0 aromatic heterocycles. The number of nitrogens with zero attached hydrogens (tertiary/aromatic N) is 1. The summed E-state index contributed by atoms with van der Waals surface area (Å²) in [6.45, 7) is 12.7. The summed E-state index contributed by atoms with van der Waals surface area (Å²) >= 11 is 0. The Balaban J connectivity index is 1.80. The van der Waals surface area contributed by atoms with Gasteiger partial charge in [-0.25, -0.2) is 0 Å². The maximum Gasteiger partial charge on any atom is 0.0594 e. The van der Waals surface area contributed by atoms with Crippen molar-refractivity contribution >= 4 is 0 Å². The Morgan fingerprint density at radius 1 is 1.11 bits per heavy atom. The fourth-order valence-electron chi connectivity index (χ4n) is 2.35. The standard InChI is InChI=1S/C15H32N2O2/c1-3-15(4-2)19-12-6-8-16-7-5-9-17-10-13-18-14-11-17/h15-16H,3-14H2,1-2H3. The Bertz CT molecular complexity index is 193. The van der Waals surface area contributed by atoms with Gasteiger partial charge >= 0.3 is 0 Å². The quantitative estimate of drug-likeness (QED) is 0.582. The summed E-state index contributed by atoms with van der Waals surface area (Å²) in [7, 11) is 0. The van der Waals surface area contributed by atoms with Crippen molar-refractivity contribution in [2.24, 2.45) is 0 Å². The van der Waals surface area contributed by atoms with Gasteiger partial charge in [0.2, 0.25) is 0 Å². The molecular formula is C15H32N2O2. The summed E-state index contributed by atoms with van der Waals surface area (Å²) in [5.74, 6) is 0. The molecule has 1 heterocycles. The Kier molecular flexibility index (Phi) is 10.4. The number of hydrogen-bond donors (Lipinski definition) is 1. The third kappa shape index (κ3) is 8.58. The molecule has 1 saturated heterocycles. The minimum absolute atomic E-state index is 0.460. The Hall–Kier alpha value is -0.160. The van der Waals surface area contributed by atoms with Crippen molar-refractivity contribution in [3.8, 4) is 0 Å². The van der Waals surface area contributed by atoms with Gasteiger partial charge < -0.3 is 14.8 Å². The van der Waals surface area contributed by atoms with Gasteiger partial charge in [-0.15, -0.1) is 0 Å². The van der Waals surface area contributed by atoms with E-state index in [0.29, 0.717) is 6.10 Å². The molecule has 4 heteroatoms. The first-order valence-corrected chi connectivity index (χ1v) is 7.99. The molecule has 1 aliphatic heterocycles. The van der Waals surface area contributed by atoms with E-state index in [4.69, 9.17) is 9.47 Å². The second kappa shape index (κ2) is 11.6. The highest BCUT2D eigenvalue weighted by atomic mass is 16.5. The van der Waals surface area contributed by atoms with Crippen molar-refractivity contribution in [1.82, 2.24) is 10.2 Å². The number of rotatable bonds is 11. The second-order valence-corrected chi connectivity index (χ2v) is 5.22. The zero-order valence-electron chi connectivity index (χ0n) is 12.8. The van der Waals surface area contributed by atoms with Crippen molar-refractivity contribution < 1.29 is 9.47 Å². The topological polar surface area (TPSA) is 33.7 Å². The van der Waals surface area contributed by atoms with E-state index in [-0.39, 0.29) is 0 Å². The van der Waals surface area contributed by atoms with Gasteiger partial charge in [-0.3, -0.25) is 4.90 Å². The van der Waals surface area contributed by atoms with Gasteiger partial charge in [0.1, 0.15) is 0 Å². The van der Waals surface area contributed by atoms with Crippen LogP contribution >= 0.6 is 0 Å². The summed E-state index contributed by atoms with van der Waals surface area (Å²) in [6.07, 6.45) is 5.07. The molecule has 0 saturated carbocycles. The molecule has 1 aliphatic rings. The first-order chi connectivity index (χ1) is 9.36. The molecule has 1 rings (SSSR count). The summed E-state index contributed by atoms with van der Waals surface area (Å²) < 4.78 is 11.1. The molecule has 114 valence electrons. The zero-order chi connectivity index (χ0) is 13.8. The Labute approximate surface area is 118 Å². The molecule has 0 spiro atoms. The third-order valence-corrected chi connectivity index (χ3v) is 3.69. The molecule has 1 fully saturated rings. The smallest absolute Gasteiger partial charge is 0.0594 e. The van der Waals surface area contributed by atoms with E-state index in [0.717, 1.165) is 65.3 Å². The van der Waals surface area contributed by atoms with Gasteiger partial charge in [0, 0.05) is 19.7 Å². The van der Waals surface area contributed by atoms with E-state index in [1.54, 1.807) is 0 Å². The largest absolute Gasteiger partial charge is 0.379 e. The highest BCUT2D eigenvalue weighted by molar-refractivity contribution is 4.62. The van der Waals surface area contributed by atoms with Crippen LogP contribution in [0.1, 0.15) is 39.5 Å². The van der Waals surface area contributed by atoms with Gasteiger partial charge in [0.25, 0.3) is 0 Å². The van der Waals surface area contributed by atoms with Crippen LogP contribution in [0.2, 0.25) is 0 Å². The van der Waals surface area contributed by atoms with Crippen molar-refractivity contribution in [2.45, 2.75) is 45.6 Å². The lowest BCUT2D eigenvalue weighted by atomic mass is 10.2. The van der Waals surface area contributed by atoms with Crippen LogP contribution in [0.4, 0.5) is 0 Å². The lowest BCUT2D eigenvalue weighted by Crippen LogP contribution is -2.37. The monoisotopic (exact) mass is 272 g/mol. The molecule has 0 aromatic rings. The van der Waals surface area contributed by atoms with Gasteiger partial charge in [-0.05, 0) is 45.3 Å². The predicted molar refractivity (Wildman–Crippen MR) is 79.7 cm³/mol. The van der Waals surface area contributed by atoms with Crippen LogP contribution < -0.4 is 5.32 Å². The van der Waals surface area contributed by atoms with Crippen LogP contribution in [0, 0.1) is 0 Å². The lowest BCUT2D eigenvalue weighted by molar-refractivity contribution is 0.0372. The first kappa shape index (κ1) is 16.9. The predicted octanol–water partition coefficient (Wildman–Crippen LogP) is 1.89. The number of ether oxygens (including phenoxy) is 2. The molecule has 4 nitrogen and oxygen atoms in total. The van der Waals surface area contributed by atoms with Gasteiger partial charge in [0.15, 0.2) is 0 Å². The SMILES string of the molecule is CCC(CC)OCCCNCCCN1CCOCC1. The van der Waals surface area contributed by atoms with Crippen LogP contribution in [-0.4, -0.2) is 63.5 Å². The van der Waals surface area contributed by atoms with E-state index in [1.807, 2.05) is 0 Å². The molecule has 19 heavy (non-hydrogen) atoms. The van der Waals surface area contributed by atoms with Crippen LogP contribution in [0.15, 0.2) is 0 Å². The van der Waals surface area contributed by atoms with Crippen molar-refractivity contribution in [3.63, 3.8) is 0 Å². The van der Waals surface area contributed by atoms with E-state index in [2.05, 4.69) is 24.1 Å². The molecule has 1 N–H and O–H groups in total. The third-order valence-electron chi connectivity index (χ3n) is 3.69. The number of hydrogen-bond acceptors (Lipinski definition) is 4. The fourth-order valence-corrected chi connectivity index (χ4v) is 2.35. The Morgan fingerprint density at radius 2 is 1.79 bits per heavy atom. The number of nitrogens with one attached hydrogen (secondary N) is 1. The molecule has 0 atom stereocenters. The van der Waals surface area contributed by atoms with E-state index >= 15 is 0 Å². The molecule has 0 unspecified atom stereocenters. The first-order valence-electron chi connectivity index (χ1n) is 7.99. The van der Waals surface area contributed by atoms with Gasteiger partial charge in [-0.2, -0.15) is 0 Å². The van der Waals surface area contributed by atoms with Crippen LogP contribution in [-0.2, 0) is 9.47 Å². The number of morpholine rings is 1. The molecule has 0 aliphatic carbocycles. The molecule has 0 bridgehead atoms. The average molecular weight is 272 g/mol. The summed E-state index contributed by atoms with van der Waals surface area (Å²) in [4.78, 5) is 2.49. The molecule has 0 aromatic carbocycles. The summed E-state index contributed by atoms with van der Waals surface area (Å²) in [5.41, 5.74) is 0. The van der Waals surface area contributed by atoms with Crippen LogP contribution in [0.5, 0.6) is 0 Å². The van der Waals surface area contributed by atoms with Crippen LogP contribution in [0.3, 0.4) is 0 Å². The second-order valence-electron chi connectivity index (χ2n) is 5.22. The normalized spacial score (nSPS) is 17.2. The summed E-state index contributed by atoms with van der Waals surface area (Å²) in [6, 6.07) is 0. The summed E-state index contributed by atoms with van der Waals surface area (Å²) in [5, 5.41) is 3.50. The van der Waals surface area contributed by atoms with E-state index in [1.165, 1.54) is 13.0 Å². The molecule has 0 amide bonds. The maximum absolute atomic E-state index is 5.78. The fraction of sp³-hybridized carbons (Fsp3) is 1.00. The lowest BCUT2D eigenvalue weighted by Gasteiger charge is -2.26. The van der Waals surface area contributed by atoms with E-state index in [9.17, 15) is 0 Å². The molecule has 0 radical (unpaired) electrons. The van der Waals surface area contributed by atoms with Crippen molar-refractivity contribution in [3.05, 3.63) is 0 Å². The maximum atomic E-state index is 5.78. The minimum Gasteiger partial charge on any atom is -0.379 e. The highest BCUT2D eigenvalue weighted by Gasteiger charge is 2.08. The van der Waals surface area contributed by atoms with E-state index < -0.39 is 0 Å².